The van der Waals surface area contributed by atoms with Gasteiger partial charge in [0, 0.05) is 35.9 Å². The molecule has 2 aromatic rings. The fourth-order valence-electron chi connectivity index (χ4n) is 3.04. The van der Waals surface area contributed by atoms with Crippen molar-refractivity contribution in [3.8, 4) is 0 Å². The molecule has 0 bridgehead atoms. The van der Waals surface area contributed by atoms with Crippen LogP contribution in [0.4, 0.5) is 0 Å². The Morgan fingerprint density at radius 3 is 2.63 bits per heavy atom. The third kappa shape index (κ3) is 3.62. The zero-order valence-electron chi connectivity index (χ0n) is 15.5. The number of rotatable bonds is 7. The molecule has 1 aliphatic rings. The average molecular weight is 415 g/mol. The SMILES string of the molecule is CCCn1c(=O)c2c(nc(SCC(=O)OCC)n2C2CS(=O)C2)n(C)c1=O. The van der Waals surface area contributed by atoms with Gasteiger partial charge in [-0.3, -0.25) is 22.9 Å². The van der Waals surface area contributed by atoms with Crippen LogP contribution in [-0.4, -0.2) is 52.7 Å². The van der Waals surface area contributed by atoms with Crippen molar-refractivity contribution in [1.29, 1.82) is 0 Å². The molecule has 9 nitrogen and oxygen atoms in total. The highest BCUT2D eigenvalue weighted by molar-refractivity contribution is 7.99. The number of carbonyl (C=O) groups is 1. The second kappa shape index (κ2) is 8.01. The number of thioether (sulfide) groups is 1. The molecule has 3 heterocycles. The monoisotopic (exact) mass is 414 g/mol. The Labute approximate surface area is 162 Å². The number of aryl methyl sites for hydroxylation is 1. The molecule has 0 saturated carbocycles. The number of esters is 1. The molecule has 0 radical (unpaired) electrons. The lowest BCUT2D eigenvalue weighted by Crippen LogP contribution is -2.41. The van der Waals surface area contributed by atoms with Crippen LogP contribution in [0.1, 0.15) is 26.3 Å². The van der Waals surface area contributed by atoms with Gasteiger partial charge >= 0.3 is 11.7 Å². The molecule has 1 aliphatic heterocycles. The Kier molecular flexibility index (Phi) is 5.89. The van der Waals surface area contributed by atoms with Crippen molar-refractivity contribution in [2.45, 2.75) is 38.0 Å². The first-order chi connectivity index (χ1) is 12.9. The third-order valence-corrected chi connectivity index (χ3v) is 6.78. The van der Waals surface area contributed by atoms with Crippen molar-refractivity contribution in [1.82, 2.24) is 18.7 Å². The number of ether oxygens (including phenoxy) is 1. The molecule has 0 amide bonds. The van der Waals surface area contributed by atoms with E-state index in [1.807, 2.05) is 6.92 Å². The van der Waals surface area contributed by atoms with Crippen molar-refractivity contribution in [3.05, 3.63) is 20.8 Å². The van der Waals surface area contributed by atoms with Crippen LogP contribution >= 0.6 is 11.8 Å². The number of hydrogen-bond acceptors (Lipinski definition) is 7. The highest BCUT2D eigenvalue weighted by atomic mass is 32.2. The van der Waals surface area contributed by atoms with E-state index >= 15 is 0 Å². The molecule has 0 spiro atoms. The number of imidazole rings is 1. The molecule has 11 heteroatoms. The second-order valence-electron chi connectivity index (χ2n) is 6.26. The van der Waals surface area contributed by atoms with Gasteiger partial charge in [-0.1, -0.05) is 18.7 Å². The van der Waals surface area contributed by atoms with E-state index in [4.69, 9.17) is 4.74 Å². The van der Waals surface area contributed by atoms with Gasteiger partial charge in [0.2, 0.25) is 0 Å². The van der Waals surface area contributed by atoms with Gasteiger partial charge in [0.25, 0.3) is 5.56 Å². The molecular weight excluding hydrogens is 392 g/mol. The van der Waals surface area contributed by atoms with Gasteiger partial charge in [-0.2, -0.15) is 0 Å². The maximum absolute atomic E-state index is 13.0. The normalized spacial score (nSPS) is 19.2. The molecule has 148 valence electrons. The van der Waals surface area contributed by atoms with E-state index in [-0.39, 0.29) is 30.0 Å². The van der Waals surface area contributed by atoms with Gasteiger partial charge in [0.15, 0.2) is 16.3 Å². The van der Waals surface area contributed by atoms with E-state index in [0.717, 1.165) is 11.8 Å². The molecule has 27 heavy (non-hydrogen) atoms. The summed E-state index contributed by atoms with van der Waals surface area (Å²) in [6.45, 7) is 4.22. The number of aromatic nitrogens is 4. The first-order valence-corrected chi connectivity index (χ1v) is 11.2. The summed E-state index contributed by atoms with van der Waals surface area (Å²) >= 11 is 1.16. The highest BCUT2D eigenvalue weighted by Crippen LogP contribution is 2.30. The highest BCUT2D eigenvalue weighted by Gasteiger charge is 2.33. The van der Waals surface area contributed by atoms with Crippen LogP contribution in [-0.2, 0) is 33.9 Å². The largest absolute Gasteiger partial charge is 0.465 e. The fourth-order valence-corrected chi connectivity index (χ4v) is 4.96. The maximum atomic E-state index is 13.0. The minimum Gasteiger partial charge on any atom is -0.465 e. The van der Waals surface area contributed by atoms with Crippen molar-refractivity contribution in [2.75, 3.05) is 23.9 Å². The minimum absolute atomic E-state index is 0.0457. The van der Waals surface area contributed by atoms with Crippen molar-refractivity contribution >= 4 is 39.7 Å². The van der Waals surface area contributed by atoms with E-state index in [2.05, 4.69) is 4.98 Å². The zero-order valence-corrected chi connectivity index (χ0v) is 17.1. The smallest absolute Gasteiger partial charge is 0.332 e. The van der Waals surface area contributed by atoms with Crippen LogP contribution in [0, 0.1) is 0 Å². The van der Waals surface area contributed by atoms with Gasteiger partial charge in [-0.15, -0.1) is 0 Å². The molecule has 3 rings (SSSR count). The van der Waals surface area contributed by atoms with Gasteiger partial charge in [0.1, 0.15) is 0 Å². The summed E-state index contributed by atoms with van der Waals surface area (Å²) in [7, 11) is 0.650. The number of hydrogen-bond donors (Lipinski definition) is 0. The summed E-state index contributed by atoms with van der Waals surface area (Å²) in [5.74, 6) is 0.517. The summed E-state index contributed by atoms with van der Waals surface area (Å²) in [5.41, 5.74) is -0.221. The van der Waals surface area contributed by atoms with Crippen LogP contribution in [0.15, 0.2) is 14.7 Å². The third-order valence-electron chi connectivity index (χ3n) is 4.34. The number of nitrogens with zero attached hydrogens (tertiary/aromatic N) is 4. The van der Waals surface area contributed by atoms with Crippen LogP contribution in [0.2, 0.25) is 0 Å². The lowest BCUT2D eigenvalue weighted by Gasteiger charge is -2.28. The van der Waals surface area contributed by atoms with Gasteiger partial charge in [0.05, 0.1) is 18.4 Å². The molecule has 0 aliphatic carbocycles. The molecule has 2 aromatic heterocycles. The molecule has 0 atom stereocenters. The maximum Gasteiger partial charge on any atom is 0.332 e. The average Bonchev–Trinajstić information content (AvgIpc) is 2.98. The van der Waals surface area contributed by atoms with Crippen LogP contribution in [0.3, 0.4) is 0 Å². The van der Waals surface area contributed by atoms with Gasteiger partial charge in [-0.25, -0.2) is 9.78 Å². The Hall–Kier alpha value is -1.88. The Balaban J connectivity index is 2.16. The Bertz CT molecular complexity index is 1010. The summed E-state index contributed by atoms with van der Waals surface area (Å²) < 4.78 is 20.9. The van der Waals surface area contributed by atoms with Crippen molar-refractivity contribution in [2.24, 2.45) is 7.05 Å². The van der Waals surface area contributed by atoms with Crippen molar-refractivity contribution < 1.29 is 13.7 Å². The predicted octanol–water partition coefficient (Wildman–Crippen LogP) is 0.265. The molecule has 0 aromatic carbocycles. The molecular formula is C16H22N4O5S2. The summed E-state index contributed by atoms with van der Waals surface area (Å²) in [6.07, 6.45) is 0.646. The molecule has 0 unspecified atom stereocenters. The van der Waals surface area contributed by atoms with Gasteiger partial charge < -0.3 is 9.30 Å². The Morgan fingerprint density at radius 1 is 1.33 bits per heavy atom. The lowest BCUT2D eigenvalue weighted by atomic mass is 10.3. The number of carbonyl (C=O) groups excluding carboxylic acids is 1. The zero-order chi connectivity index (χ0) is 19.7. The first-order valence-electron chi connectivity index (χ1n) is 8.74. The summed E-state index contributed by atoms with van der Waals surface area (Å²) in [6, 6.07) is -0.138. The minimum atomic E-state index is -0.926. The van der Waals surface area contributed by atoms with Crippen LogP contribution < -0.4 is 11.2 Å². The lowest BCUT2D eigenvalue weighted by molar-refractivity contribution is -0.139. The van der Waals surface area contributed by atoms with E-state index in [9.17, 15) is 18.6 Å². The fraction of sp³-hybridized carbons (Fsp3) is 0.625. The molecule has 1 fully saturated rings. The summed E-state index contributed by atoms with van der Waals surface area (Å²) in [4.78, 5) is 41.7. The second-order valence-corrected chi connectivity index (χ2v) is 8.74. The van der Waals surface area contributed by atoms with E-state index in [0.29, 0.717) is 35.1 Å². The van der Waals surface area contributed by atoms with Crippen LogP contribution in [0.5, 0.6) is 0 Å². The summed E-state index contributed by atoms with van der Waals surface area (Å²) in [5, 5.41) is 0.459. The van der Waals surface area contributed by atoms with Crippen LogP contribution in [0.25, 0.3) is 11.2 Å². The predicted molar refractivity (Wildman–Crippen MR) is 104 cm³/mol. The van der Waals surface area contributed by atoms with E-state index in [1.165, 1.54) is 9.13 Å². The van der Waals surface area contributed by atoms with Crippen molar-refractivity contribution in [3.63, 3.8) is 0 Å². The topological polar surface area (TPSA) is 105 Å². The quantitative estimate of drug-likeness (QED) is 0.473. The molecule has 0 N–H and O–H groups in total. The molecule has 1 saturated heterocycles. The van der Waals surface area contributed by atoms with E-state index < -0.39 is 22.0 Å². The van der Waals surface area contributed by atoms with E-state index in [1.54, 1.807) is 18.5 Å². The Morgan fingerprint density at radius 2 is 2.04 bits per heavy atom. The standard InChI is InChI=1S/C16H22N4O5S2/c1-4-6-19-14(22)12-13(18(3)16(19)23)17-15(26-7-11(21)25-5-2)20(12)10-8-27(24)9-10/h10H,4-9H2,1-3H3. The first kappa shape index (κ1) is 19.9. The number of fused-ring (bicyclic) bond motifs is 1. The van der Waals surface area contributed by atoms with Gasteiger partial charge in [-0.05, 0) is 13.3 Å².